The fourth-order valence-corrected chi connectivity index (χ4v) is 5.23. The van der Waals surface area contributed by atoms with Gasteiger partial charge in [-0.25, -0.2) is 0 Å². The fourth-order valence-electron chi connectivity index (χ4n) is 4.44. The van der Waals surface area contributed by atoms with E-state index < -0.39 is 11.8 Å². The second kappa shape index (κ2) is 15.9. The van der Waals surface area contributed by atoms with Crippen molar-refractivity contribution in [1.82, 2.24) is 5.32 Å². The van der Waals surface area contributed by atoms with Gasteiger partial charge in [0.05, 0.1) is 18.4 Å². The highest BCUT2D eigenvalue weighted by Gasteiger charge is 2.16. The summed E-state index contributed by atoms with van der Waals surface area (Å²) in [5, 5.41) is 5.62. The highest BCUT2D eigenvalue weighted by Crippen LogP contribution is 2.25. The normalized spacial score (nSPS) is 10.9. The summed E-state index contributed by atoms with van der Waals surface area (Å²) in [6.45, 7) is 0.437. The van der Waals surface area contributed by atoms with Gasteiger partial charge in [0.25, 0.3) is 11.8 Å². The first-order valence-electron chi connectivity index (χ1n) is 14.5. The van der Waals surface area contributed by atoms with Crippen LogP contribution >= 0.6 is 11.8 Å². The van der Waals surface area contributed by atoms with Gasteiger partial charge >= 0.3 is 0 Å². The molecular formula is C38H32N2O5S. The van der Waals surface area contributed by atoms with Gasteiger partial charge in [0.2, 0.25) is 0 Å². The van der Waals surface area contributed by atoms with Crippen LogP contribution in [0.2, 0.25) is 0 Å². The van der Waals surface area contributed by atoms with E-state index >= 15 is 0 Å². The topological polar surface area (TPSA) is 93.7 Å². The summed E-state index contributed by atoms with van der Waals surface area (Å²) >= 11 is 1.39. The molecule has 2 amide bonds. The Morgan fingerprint density at radius 3 is 2.09 bits per heavy atom. The van der Waals surface area contributed by atoms with E-state index in [1.54, 1.807) is 67.8 Å². The Hall–Kier alpha value is -5.60. The van der Waals surface area contributed by atoms with Crippen molar-refractivity contribution >= 4 is 41.1 Å². The van der Waals surface area contributed by atoms with Gasteiger partial charge in [-0.05, 0) is 77.9 Å². The smallest absolute Gasteiger partial charge is 0.272 e. The molecule has 0 fully saturated rings. The van der Waals surface area contributed by atoms with Crippen LogP contribution < -0.4 is 20.1 Å². The van der Waals surface area contributed by atoms with Crippen LogP contribution in [0.15, 0.2) is 144 Å². The van der Waals surface area contributed by atoms with E-state index in [1.165, 1.54) is 11.8 Å². The molecule has 0 aliphatic heterocycles. The molecule has 0 saturated carbocycles. The van der Waals surface area contributed by atoms with Gasteiger partial charge in [-0.15, -0.1) is 11.8 Å². The summed E-state index contributed by atoms with van der Waals surface area (Å²) in [5.74, 6) is 0.529. The second-order valence-corrected chi connectivity index (χ2v) is 11.2. The largest absolute Gasteiger partial charge is 0.496 e. The van der Waals surface area contributed by atoms with Crippen molar-refractivity contribution in [2.24, 2.45) is 0 Å². The number of ketones is 1. The van der Waals surface area contributed by atoms with E-state index in [9.17, 15) is 14.4 Å². The summed E-state index contributed by atoms with van der Waals surface area (Å²) in [6.07, 6.45) is 1.62. The lowest BCUT2D eigenvalue weighted by Gasteiger charge is -2.12. The summed E-state index contributed by atoms with van der Waals surface area (Å²) in [5.41, 5.74) is 3.34. The van der Waals surface area contributed by atoms with Crippen LogP contribution in [-0.4, -0.2) is 30.5 Å². The number of thioether (sulfide) groups is 1. The average molecular weight is 629 g/mol. The quantitative estimate of drug-likeness (QED) is 0.0790. The number of hydrogen-bond donors (Lipinski definition) is 2. The number of benzene rings is 5. The zero-order valence-electron chi connectivity index (χ0n) is 25.1. The van der Waals surface area contributed by atoms with Gasteiger partial charge in [-0.2, -0.15) is 0 Å². The Balaban J connectivity index is 1.26. The minimum atomic E-state index is -0.486. The lowest BCUT2D eigenvalue weighted by molar-refractivity contribution is -0.113. The minimum absolute atomic E-state index is 0.0421. The van der Waals surface area contributed by atoms with E-state index in [0.29, 0.717) is 40.5 Å². The first-order chi connectivity index (χ1) is 22.5. The lowest BCUT2D eigenvalue weighted by atomic mass is 10.1. The van der Waals surface area contributed by atoms with Crippen molar-refractivity contribution in [3.05, 3.63) is 161 Å². The zero-order valence-corrected chi connectivity index (χ0v) is 26.0. The second-order valence-electron chi connectivity index (χ2n) is 10.1. The SMILES string of the molecule is COc1ccccc1C(=O)CSc1ccc(NC(=O)/C(=C/c2ccc(OCc3ccccc3)cc2)NC(=O)c2ccccc2)cc1. The van der Waals surface area contributed by atoms with E-state index in [2.05, 4.69) is 10.6 Å². The number of hydrogen-bond acceptors (Lipinski definition) is 6. The van der Waals surface area contributed by atoms with Crippen molar-refractivity contribution in [2.45, 2.75) is 11.5 Å². The molecule has 0 radical (unpaired) electrons. The molecule has 0 aromatic heterocycles. The predicted molar refractivity (Wildman–Crippen MR) is 182 cm³/mol. The number of Topliss-reactive ketones (excluding diaryl/α,β-unsaturated/α-hetero) is 1. The molecule has 8 heteroatoms. The third-order valence-electron chi connectivity index (χ3n) is 6.86. The molecule has 0 heterocycles. The van der Waals surface area contributed by atoms with Crippen LogP contribution in [0.5, 0.6) is 11.5 Å². The predicted octanol–water partition coefficient (Wildman–Crippen LogP) is 7.66. The Bertz CT molecular complexity index is 1810. The summed E-state index contributed by atoms with van der Waals surface area (Å²) in [4.78, 5) is 40.0. The number of para-hydroxylation sites is 1. The number of nitrogens with one attached hydrogen (secondary N) is 2. The molecule has 0 atom stereocenters. The first-order valence-corrected chi connectivity index (χ1v) is 15.5. The number of methoxy groups -OCH3 is 1. The van der Waals surface area contributed by atoms with Gasteiger partial charge in [0.15, 0.2) is 5.78 Å². The van der Waals surface area contributed by atoms with Gasteiger partial charge in [0, 0.05) is 16.1 Å². The molecule has 46 heavy (non-hydrogen) atoms. The van der Waals surface area contributed by atoms with E-state index in [-0.39, 0.29) is 17.2 Å². The van der Waals surface area contributed by atoms with Crippen molar-refractivity contribution < 1.29 is 23.9 Å². The van der Waals surface area contributed by atoms with Crippen molar-refractivity contribution in [3.63, 3.8) is 0 Å². The van der Waals surface area contributed by atoms with Crippen molar-refractivity contribution in [2.75, 3.05) is 18.2 Å². The number of carbonyl (C=O) groups excluding carboxylic acids is 3. The molecule has 0 bridgehead atoms. The van der Waals surface area contributed by atoms with Gasteiger partial charge in [-0.1, -0.05) is 72.8 Å². The Morgan fingerprint density at radius 2 is 1.39 bits per heavy atom. The first kappa shape index (κ1) is 31.8. The molecule has 230 valence electrons. The molecule has 5 aromatic rings. The Labute approximate surface area is 272 Å². The third kappa shape index (κ3) is 8.97. The molecule has 7 nitrogen and oxygen atoms in total. The molecule has 0 unspecified atom stereocenters. The van der Waals surface area contributed by atoms with Gasteiger partial charge in [0.1, 0.15) is 23.8 Å². The summed E-state index contributed by atoms with van der Waals surface area (Å²) < 4.78 is 11.2. The zero-order chi connectivity index (χ0) is 32.1. The molecule has 0 spiro atoms. The maximum atomic E-state index is 13.4. The minimum Gasteiger partial charge on any atom is -0.496 e. The number of amides is 2. The molecule has 2 N–H and O–H groups in total. The van der Waals surface area contributed by atoms with Gasteiger partial charge in [-0.3, -0.25) is 14.4 Å². The fraction of sp³-hybridized carbons (Fsp3) is 0.0789. The van der Waals surface area contributed by atoms with Crippen LogP contribution in [0, 0.1) is 0 Å². The average Bonchev–Trinajstić information content (AvgIpc) is 3.11. The number of carbonyl (C=O) groups is 3. The number of anilines is 1. The lowest BCUT2D eigenvalue weighted by Crippen LogP contribution is -2.30. The number of rotatable bonds is 13. The molecule has 0 aliphatic rings. The summed E-state index contributed by atoms with van der Waals surface area (Å²) in [7, 11) is 1.54. The maximum Gasteiger partial charge on any atom is 0.272 e. The van der Waals surface area contributed by atoms with E-state index in [4.69, 9.17) is 9.47 Å². The third-order valence-corrected chi connectivity index (χ3v) is 7.87. The molecule has 0 saturated heterocycles. The molecular weight excluding hydrogens is 596 g/mol. The standard InChI is InChI=1S/C38H32N2O5S/c1-44-36-15-9-8-14-33(36)35(41)26-46-32-22-18-30(19-23-32)39-38(43)34(40-37(42)29-12-6-3-7-13-29)24-27-16-20-31(21-17-27)45-25-28-10-4-2-5-11-28/h2-24H,25-26H2,1H3,(H,39,43)(H,40,42)/b34-24-. The molecule has 0 aliphatic carbocycles. The van der Waals surface area contributed by atoms with Crippen LogP contribution in [0.1, 0.15) is 31.8 Å². The van der Waals surface area contributed by atoms with Crippen molar-refractivity contribution in [3.8, 4) is 11.5 Å². The van der Waals surface area contributed by atoms with Crippen LogP contribution in [-0.2, 0) is 11.4 Å². The Kier molecular flexibility index (Phi) is 11.0. The molecule has 5 rings (SSSR count). The highest BCUT2D eigenvalue weighted by atomic mass is 32.2. The monoisotopic (exact) mass is 628 g/mol. The summed E-state index contributed by atoms with van der Waals surface area (Å²) in [6, 6.07) is 40.1. The van der Waals surface area contributed by atoms with Crippen LogP contribution in [0.3, 0.4) is 0 Å². The Morgan fingerprint density at radius 1 is 0.739 bits per heavy atom. The van der Waals surface area contributed by atoms with Crippen LogP contribution in [0.4, 0.5) is 5.69 Å². The van der Waals surface area contributed by atoms with Crippen LogP contribution in [0.25, 0.3) is 6.08 Å². The molecule has 5 aromatic carbocycles. The van der Waals surface area contributed by atoms with Crippen molar-refractivity contribution in [1.29, 1.82) is 0 Å². The van der Waals surface area contributed by atoms with Gasteiger partial charge < -0.3 is 20.1 Å². The van der Waals surface area contributed by atoms with E-state index in [1.807, 2.05) is 78.9 Å². The van der Waals surface area contributed by atoms with E-state index in [0.717, 1.165) is 10.5 Å². The highest BCUT2D eigenvalue weighted by molar-refractivity contribution is 8.00. The number of ether oxygens (including phenoxy) is 2. The maximum absolute atomic E-state index is 13.4.